The Morgan fingerprint density at radius 3 is 2.64 bits per heavy atom. The summed E-state index contributed by atoms with van der Waals surface area (Å²) < 4.78 is 5.14. The normalized spacial score (nSPS) is 12.6. The van der Waals surface area contributed by atoms with Crippen molar-refractivity contribution in [2.24, 2.45) is 5.92 Å². The highest BCUT2D eigenvalue weighted by Crippen LogP contribution is 2.20. The largest absolute Gasteiger partial charge is 0.491 e. The zero-order chi connectivity index (χ0) is 10.6. The third-order valence-electron chi connectivity index (χ3n) is 2.26. The van der Waals surface area contributed by atoms with Crippen LogP contribution in [-0.4, -0.2) is 23.1 Å². The maximum Gasteiger partial charge on any atom is 0.179 e. The van der Waals surface area contributed by atoms with Crippen LogP contribution in [0.2, 0.25) is 0 Å². The molecule has 1 heterocycles. The third-order valence-corrected chi connectivity index (χ3v) is 2.26. The van der Waals surface area contributed by atoms with Gasteiger partial charge in [0.15, 0.2) is 11.6 Å². The van der Waals surface area contributed by atoms with Crippen molar-refractivity contribution in [2.75, 3.05) is 12.4 Å². The van der Waals surface area contributed by atoms with Crippen molar-refractivity contribution in [1.82, 2.24) is 9.97 Å². The van der Waals surface area contributed by atoms with Gasteiger partial charge >= 0.3 is 0 Å². The summed E-state index contributed by atoms with van der Waals surface area (Å²) in [5, 5.41) is 3.28. The van der Waals surface area contributed by atoms with Gasteiger partial charge in [-0.15, -0.1) is 0 Å². The smallest absolute Gasteiger partial charge is 0.179 e. The molecule has 78 valence electrons. The molecule has 1 aromatic rings. The molecular formula is C10H17N3O. The van der Waals surface area contributed by atoms with E-state index in [1.807, 2.05) is 0 Å². The molecule has 0 saturated heterocycles. The Labute approximate surface area is 84.7 Å². The average molecular weight is 195 g/mol. The van der Waals surface area contributed by atoms with Crippen molar-refractivity contribution in [3.63, 3.8) is 0 Å². The summed E-state index contributed by atoms with van der Waals surface area (Å²) in [6.07, 6.45) is 3.17. The standard InChI is InChI=1S/C10H17N3O/c1-7(2)8(3)13-10-9(14-4)5-11-6-12-10/h5-8H,1-4H3,(H,11,12,13). The van der Waals surface area contributed by atoms with E-state index in [0.29, 0.717) is 17.7 Å². The first-order chi connectivity index (χ1) is 6.65. The van der Waals surface area contributed by atoms with Gasteiger partial charge in [-0.3, -0.25) is 0 Å². The van der Waals surface area contributed by atoms with Crippen LogP contribution in [0.4, 0.5) is 5.82 Å². The van der Waals surface area contributed by atoms with E-state index in [0.717, 1.165) is 5.82 Å². The van der Waals surface area contributed by atoms with Gasteiger partial charge in [0.1, 0.15) is 6.33 Å². The fourth-order valence-corrected chi connectivity index (χ4v) is 0.957. The Balaban J connectivity index is 2.75. The second kappa shape index (κ2) is 4.79. The highest BCUT2D eigenvalue weighted by atomic mass is 16.5. The second-order valence-electron chi connectivity index (χ2n) is 3.62. The minimum absolute atomic E-state index is 0.360. The number of rotatable bonds is 4. The average Bonchev–Trinajstić information content (AvgIpc) is 2.18. The van der Waals surface area contributed by atoms with Crippen LogP contribution in [0.5, 0.6) is 5.75 Å². The Bertz CT molecular complexity index is 288. The van der Waals surface area contributed by atoms with E-state index in [2.05, 4.69) is 36.1 Å². The van der Waals surface area contributed by atoms with Crippen molar-refractivity contribution in [3.8, 4) is 5.75 Å². The maximum absolute atomic E-state index is 5.14. The summed E-state index contributed by atoms with van der Waals surface area (Å²) in [4.78, 5) is 8.02. The summed E-state index contributed by atoms with van der Waals surface area (Å²) >= 11 is 0. The quantitative estimate of drug-likeness (QED) is 0.797. The predicted molar refractivity (Wildman–Crippen MR) is 56.5 cm³/mol. The molecule has 0 aliphatic heterocycles. The molecule has 14 heavy (non-hydrogen) atoms. The Hall–Kier alpha value is -1.32. The van der Waals surface area contributed by atoms with Gasteiger partial charge in [-0.1, -0.05) is 13.8 Å². The van der Waals surface area contributed by atoms with Crippen LogP contribution >= 0.6 is 0 Å². The summed E-state index contributed by atoms with van der Waals surface area (Å²) in [6, 6.07) is 0.360. The van der Waals surface area contributed by atoms with E-state index >= 15 is 0 Å². The predicted octanol–water partition coefficient (Wildman–Crippen LogP) is 1.94. The molecule has 0 aromatic carbocycles. The number of ether oxygens (including phenoxy) is 1. The number of anilines is 1. The van der Waals surface area contributed by atoms with Crippen LogP contribution in [0, 0.1) is 5.92 Å². The molecule has 0 aliphatic rings. The minimum Gasteiger partial charge on any atom is -0.491 e. The molecule has 0 amide bonds. The molecule has 1 atom stereocenters. The van der Waals surface area contributed by atoms with E-state index in [9.17, 15) is 0 Å². The zero-order valence-corrected chi connectivity index (χ0v) is 9.11. The maximum atomic E-state index is 5.14. The van der Waals surface area contributed by atoms with E-state index in [1.54, 1.807) is 13.3 Å². The van der Waals surface area contributed by atoms with E-state index in [1.165, 1.54) is 6.33 Å². The molecule has 0 fully saturated rings. The van der Waals surface area contributed by atoms with Crippen molar-refractivity contribution >= 4 is 5.82 Å². The van der Waals surface area contributed by atoms with Gasteiger partial charge in [-0.25, -0.2) is 9.97 Å². The van der Waals surface area contributed by atoms with Crippen LogP contribution in [0.1, 0.15) is 20.8 Å². The molecule has 0 spiro atoms. The van der Waals surface area contributed by atoms with Gasteiger partial charge in [0.25, 0.3) is 0 Å². The first-order valence-electron chi connectivity index (χ1n) is 4.75. The van der Waals surface area contributed by atoms with E-state index < -0.39 is 0 Å². The molecule has 0 bridgehead atoms. The number of hydrogen-bond donors (Lipinski definition) is 1. The molecule has 0 saturated carbocycles. The minimum atomic E-state index is 0.360. The molecule has 4 nitrogen and oxygen atoms in total. The molecular weight excluding hydrogens is 178 g/mol. The monoisotopic (exact) mass is 195 g/mol. The lowest BCUT2D eigenvalue weighted by molar-refractivity contribution is 0.411. The fourth-order valence-electron chi connectivity index (χ4n) is 0.957. The summed E-state index contributed by atoms with van der Waals surface area (Å²) in [7, 11) is 1.61. The van der Waals surface area contributed by atoms with Gasteiger partial charge in [-0.2, -0.15) is 0 Å². The second-order valence-corrected chi connectivity index (χ2v) is 3.62. The highest BCUT2D eigenvalue weighted by molar-refractivity contribution is 5.48. The van der Waals surface area contributed by atoms with Crippen LogP contribution in [-0.2, 0) is 0 Å². The Morgan fingerprint density at radius 2 is 2.07 bits per heavy atom. The lowest BCUT2D eigenvalue weighted by atomic mass is 10.1. The number of nitrogens with zero attached hydrogens (tertiary/aromatic N) is 2. The molecule has 0 aliphatic carbocycles. The van der Waals surface area contributed by atoms with Gasteiger partial charge in [0, 0.05) is 6.04 Å². The number of aromatic nitrogens is 2. The van der Waals surface area contributed by atoms with Gasteiger partial charge < -0.3 is 10.1 Å². The van der Waals surface area contributed by atoms with Crippen LogP contribution in [0.15, 0.2) is 12.5 Å². The molecule has 0 radical (unpaired) electrons. The van der Waals surface area contributed by atoms with Crippen LogP contribution in [0.3, 0.4) is 0 Å². The van der Waals surface area contributed by atoms with Crippen molar-refractivity contribution in [2.45, 2.75) is 26.8 Å². The lowest BCUT2D eigenvalue weighted by Crippen LogP contribution is -2.22. The lowest BCUT2D eigenvalue weighted by Gasteiger charge is -2.18. The SMILES string of the molecule is COc1cncnc1NC(C)C(C)C. The molecule has 1 aromatic heterocycles. The van der Waals surface area contributed by atoms with Crippen LogP contribution < -0.4 is 10.1 Å². The summed E-state index contributed by atoms with van der Waals surface area (Å²) in [6.45, 7) is 6.43. The number of hydrogen-bond acceptors (Lipinski definition) is 4. The Kier molecular flexibility index (Phi) is 3.68. The van der Waals surface area contributed by atoms with E-state index in [4.69, 9.17) is 4.74 Å². The fraction of sp³-hybridized carbons (Fsp3) is 0.600. The molecule has 1 unspecified atom stereocenters. The summed E-state index contributed by atoms with van der Waals surface area (Å²) in [5.74, 6) is 1.98. The topological polar surface area (TPSA) is 47.0 Å². The van der Waals surface area contributed by atoms with Gasteiger partial charge in [0.05, 0.1) is 13.3 Å². The molecule has 1 N–H and O–H groups in total. The number of methoxy groups -OCH3 is 1. The first-order valence-corrected chi connectivity index (χ1v) is 4.75. The van der Waals surface area contributed by atoms with Crippen molar-refractivity contribution < 1.29 is 4.74 Å². The molecule has 1 rings (SSSR count). The number of nitrogens with one attached hydrogen (secondary N) is 1. The zero-order valence-electron chi connectivity index (χ0n) is 9.11. The highest BCUT2D eigenvalue weighted by Gasteiger charge is 2.10. The third kappa shape index (κ3) is 2.58. The first kappa shape index (κ1) is 10.8. The van der Waals surface area contributed by atoms with Gasteiger partial charge in [0.2, 0.25) is 0 Å². The van der Waals surface area contributed by atoms with Crippen molar-refractivity contribution in [1.29, 1.82) is 0 Å². The van der Waals surface area contributed by atoms with Gasteiger partial charge in [-0.05, 0) is 12.8 Å². The summed E-state index contributed by atoms with van der Waals surface area (Å²) in [5.41, 5.74) is 0. The molecule has 4 heteroatoms. The van der Waals surface area contributed by atoms with Crippen molar-refractivity contribution in [3.05, 3.63) is 12.5 Å². The van der Waals surface area contributed by atoms with E-state index in [-0.39, 0.29) is 0 Å². The Morgan fingerprint density at radius 1 is 1.36 bits per heavy atom. The van der Waals surface area contributed by atoms with Crippen LogP contribution in [0.25, 0.3) is 0 Å².